The van der Waals surface area contributed by atoms with Crippen molar-refractivity contribution in [2.24, 2.45) is 11.7 Å². The molecule has 2 rings (SSSR count). The number of ether oxygens (including phenoxy) is 1. The van der Waals surface area contributed by atoms with Gasteiger partial charge in [-0.3, -0.25) is 9.59 Å². The molecule has 0 bridgehead atoms. The molecule has 21 heavy (non-hydrogen) atoms. The van der Waals surface area contributed by atoms with Gasteiger partial charge in [-0.05, 0) is 24.7 Å². The Kier molecular flexibility index (Phi) is 4.93. The largest absolute Gasteiger partial charge is 0.379 e. The van der Waals surface area contributed by atoms with Crippen molar-refractivity contribution in [3.63, 3.8) is 0 Å². The Labute approximate surface area is 124 Å². The highest BCUT2D eigenvalue weighted by molar-refractivity contribution is 5.92. The molecular weight excluding hydrogens is 270 g/mol. The van der Waals surface area contributed by atoms with Gasteiger partial charge >= 0.3 is 0 Å². The number of primary amides is 1. The van der Waals surface area contributed by atoms with Crippen LogP contribution in [0.3, 0.4) is 0 Å². The quantitative estimate of drug-likeness (QED) is 0.798. The second-order valence-corrected chi connectivity index (χ2v) is 5.29. The normalized spacial score (nSPS) is 21.2. The lowest BCUT2D eigenvalue weighted by molar-refractivity contribution is -0.135. The molecule has 2 atom stereocenters. The molecule has 2 unspecified atom stereocenters. The van der Waals surface area contributed by atoms with E-state index >= 15 is 0 Å². The van der Waals surface area contributed by atoms with Gasteiger partial charge in [0.2, 0.25) is 11.8 Å². The number of hydrogen-bond donors (Lipinski definition) is 2. The maximum atomic E-state index is 12.4. The first-order valence-corrected chi connectivity index (χ1v) is 6.91. The molecule has 1 heterocycles. The monoisotopic (exact) mass is 291 g/mol. The van der Waals surface area contributed by atoms with E-state index < -0.39 is 5.91 Å². The predicted octanol–water partition coefficient (Wildman–Crippen LogP) is -0.0217. The van der Waals surface area contributed by atoms with E-state index in [1.54, 1.807) is 24.1 Å². The number of hydrogen-bond acceptors (Lipinski definition) is 4. The Bertz CT molecular complexity index is 515. The van der Waals surface area contributed by atoms with Crippen molar-refractivity contribution in [3.8, 4) is 0 Å². The van der Waals surface area contributed by atoms with Crippen LogP contribution in [0.2, 0.25) is 0 Å². The molecule has 0 spiro atoms. The van der Waals surface area contributed by atoms with Crippen LogP contribution in [0.25, 0.3) is 0 Å². The molecule has 1 saturated heterocycles. The van der Waals surface area contributed by atoms with Gasteiger partial charge in [-0.1, -0.05) is 12.1 Å². The molecule has 0 saturated carbocycles. The van der Waals surface area contributed by atoms with Crippen LogP contribution >= 0.6 is 0 Å². The van der Waals surface area contributed by atoms with E-state index in [-0.39, 0.29) is 17.9 Å². The fraction of sp³-hybridized carbons (Fsp3) is 0.467. The van der Waals surface area contributed by atoms with Crippen LogP contribution in [-0.2, 0) is 16.1 Å². The summed E-state index contributed by atoms with van der Waals surface area (Å²) in [4.78, 5) is 25.1. The Balaban J connectivity index is 1.98. The van der Waals surface area contributed by atoms with Gasteiger partial charge in [-0.2, -0.15) is 0 Å². The van der Waals surface area contributed by atoms with Crippen LogP contribution in [0, 0.1) is 5.92 Å². The number of rotatable bonds is 5. The third kappa shape index (κ3) is 3.59. The second kappa shape index (κ2) is 6.69. The summed E-state index contributed by atoms with van der Waals surface area (Å²) in [6, 6.07) is 7.03. The maximum Gasteiger partial charge on any atom is 0.248 e. The number of likely N-dealkylation sites (N-methyl/N-ethyl adjacent to an activating group) is 1. The zero-order valence-corrected chi connectivity index (χ0v) is 12.3. The van der Waals surface area contributed by atoms with Crippen molar-refractivity contribution in [2.45, 2.75) is 12.6 Å². The van der Waals surface area contributed by atoms with Crippen LogP contribution in [0.5, 0.6) is 0 Å². The molecule has 1 aromatic carbocycles. The maximum absolute atomic E-state index is 12.4. The van der Waals surface area contributed by atoms with Crippen LogP contribution < -0.4 is 11.1 Å². The Morgan fingerprint density at radius 1 is 1.33 bits per heavy atom. The number of benzene rings is 1. The fourth-order valence-electron chi connectivity index (χ4n) is 2.49. The summed E-state index contributed by atoms with van der Waals surface area (Å²) in [6.45, 7) is 1.51. The van der Waals surface area contributed by atoms with Gasteiger partial charge < -0.3 is 20.7 Å². The molecular formula is C15H21N3O3. The van der Waals surface area contributed by atoms with Crippen molar-refractivity contribution >= 4 is 11.8 Å². The number of nitrogens with zero attached hydrogens (tertiary/aromatic N) is 1. The number of carbonyl (C=O) groups is 2. The highest BCUT2D eigenvalue weighted by atomic mass is 16.5. The molecule has 0 aliphatic carbocycles. The van der Waals surface area contributed by atoms with Crippen molar-refractivity contribution in [1.82, 2.24) is 10.2 Å². The zero-order chi connectivity index (χ0) is 15.4. The lowest BCUT2D eigenvalue weighted by Crippen LogP contribution is -2.43. The summed E-state index contributed by atoms with van der Waals surface area (Å²) in [7, 11) is 3.61. The molecule has 3 N–H and O–H groups in total. The van der Waals surface area contributed by atoms with Crippen molar-refractivity contribution < 1.29 is 14.3 Å². The second-order valence-electron chi connectivity index (χ2n) is 5.29. The standard InChI is InChI=1S/C15H21N3O3/c1-17-13-9-21-8-12(13)15(20)18(2)7-10-3-5-11(6-4-10)14(16)19/h3-6,12-13,17H,7-9H2,1-2H3,(H2,16,19). The summed E-state index contributed by atoms with van der Waals surface area (Å²) in [6.07, 6.45) is 0. The van der Waals surface area contributed by atoms with Crippen molar-refractivity contribution in [2.75, 3.05) is 27.3 Å². The van der Waals surface area contributed by atoms with Crippen LogP contribution in [-0.4, -0.2) is 50.1 Å². The topological polar surface area (TPSA) is 84.7 Å². The number of nitrogens with one attached hydrogen (secondary N) is 1. The molecule has 1 aromatic rings. The van der Waals surface area contributed by atoms with Crippen molar-refractivity contribution in [3.05, 3.63) is 35.4 Å². The average Bonchev–Trinajstić information content (AvgIpc) is 2.95. The summed E-state index contributed by atoms with van der Waals surface area (Å²) in [5.41, 5.74) is 6.62. The minimum atomic E-state index is -0.453. The van der Waals surface area contributed by atoms with Gasteiger partial charge in [0.15, 0.2) is 0 Å². The molecule has 0 aromatic heterocycles. The van der Waals surface area contributed by atoms with Gasteiger partial charge in [0.25, 0.3) is 0 Å². The van der Waals surface area contributed by atoms with E-state index in [1.165, 1.54) is 0 Å². The average molecular weight is 291 g/mol. The SMILES string of the molecule is CNC1COCC1C(=O)N(C)Cc1ccc(C(N)=O)cc1. The molecule has 1 fully saturated rings. The summed E-state index contributed by atoms with van der Waals surface area (Å²) < 4.78 is 5.36. The lowest BCUT2D eigenvalue weighted by atomic mass is 10.0. The minimum absolute atomic E-state index is 0.0610. The van der Waals surface area contributed by atoms with Crippen LogP contribution in [0.15, 0.2) is 24.3 Å². The summed E-state index contributed by atoms with van der Waals surface area (Å²) in [5, 5.41) is 3.11. The van der Waals surface area contributed by atoms with Gasteiger partial charge in [0.05, 0.1) is 19.1 Å². The van der Waals surface area contributed by atoms with Crippen molar-refractivity contribution in [1.29, 1.82) is 0 Å². The van der Waals surface area contributed by atoms with Gasteiger partial charge in [0.1, 0.15) is 0 Å². The Hall–Kier alpha value is -1.92. The molecule has 1 aliphatic heterocycles. The lowest BCUT2D eigenvalue weighted by Gasteiger charge is -2.23. The Morgan fingerprint density at radius 3 is 2.57 bits per heavy atom. The van der Waals surface area contributed by atoms with E-state index in [0.29, 0.717) is 25.3 Å². The number of carbonyl (C=O) groups excluding carboxylic acids is 2. The third-order valence-electron chi connectivity index (χ3n) is 3.80. The molecule has 6 nitrogen and oxygen atoms in total. The molecule has 0 radical (unpaired) electrons. The van der Waals surface area contributed by atoms with E-state index in [0.717, 1.165) is 5.56 Å². The predicted molar refractivity (Wildman–Crippen MR) is 78.6 cm³/mol. The fourth-order valence-corrected chi connectivity index (χ4v) is 2.49. The number of nitrogens with two attached hydrogens (primary N) is 1. The minimum Gasteiger partial charge on any atom is -0.379 e. The van der Waals surface area contributed by atoms with Gasteiger partial charge in [-0.15, -0.1) is 0 Å². The molecule has 6 heteroatoms. The summed E-state index contributed by atoms with van der Waals surface area (Å²) in [5.74, 6) is -0.540. The third-order valence-corrected chi connectivity index (χ3v) is 3.80. The van der Waals surface area contributed by atoms with E-state index in [1.807, 2.05) is 19.2 Å². The van der Waals surface area contributed by atoms with E-state index in [2.05, 4.69) is 5.32 Å². The van der Waals surface area contributed by atoms with Crippen LogP contribution in [0.4, 0.5) is 0 Å². The number of amides is 2. The van der Waals surface area contributed by atoms with E-state index in [4.69, 9.17) is 10.5 Å². The van der Waals surface area contributed by atoms with Crippen LogP contribution in [0.1, 0.15) is 15.9 Å². The highest BCUT2D eigenvalue weighted by Gasteiger charge is 2.34. The van der Waals surface area contributed by atoms with Gasteiger partial charge in [0, 0.05) is 25.2 Å². The summed E-state index contributed by atoms with van der Waals surface area (Å²) >= 11 is 0. The van der Waals surface area contributed by atoms with E-state index in [9.17, 15) is 9.59 Å². The molecule has 2 amide bonds. The zero-order valence-electron chi connectivity index (χ0n) is 12.3. The molecule has 114 valence electrons. The van der Waals surface area contributed by atoms with Gasteiger partial charge in [-0.25, -0.2) is 0 Å². The smallest absolute Gasteiger partial charge is 0.248 e. The molecule has 1 aliphatic rings. The first-order valence-electron chi connectivity index (χ1n) is 6.91. The first-order chi connectivity index (χ1) is 10.0. The highest BCUT2D eigenvalue weighted by Crippen LogP contribution is 2.17. The first kappa shape index (κ1) is 15.5. The Morgan fingerprint density at radius 2 is 2.00 bits per heavy atom.